The Morgan fingerprint density at radius 2 is 1.85 bits per heavy atom. The molecule has 1 saturated heterocycles. The molecular weight excluding hydrogens is 444 g/mol. The van der Waals surface area contributed by atoms with E-state index in [2.05, 4.69) is 18.8 Å². The molecule has 0 aliphatic carbocycles. The third kappa shape index (κ3) is 8.23. The summed E-state index contributed by atoms with van der Waals surface area (Å²) in [6.45, 7) is 0.616. The van der Waals surface area contributed by atoms with Crippen LogP contribution in [0.3, 0.4) is 0 Å². The molecule has 0 amide bonds. The van der Waals surface area contributed by atoms with E-state index in [-0.39, 0.29) is 6.61 Å². The van der Waals surface area contributed by atoms with E-state index in [4.69, 9.17) is 23.7 Å². The van der Waals surface area contributed by atoms with E-state index >= 15 is 0 Å². The molecule has 0 bridgehead atoms. The minimum absolute atomic E-state index is 0.0326. The molecule has 0 spiro atoms. The lowest BCUT2D eigenvalue weighted by atomic mass is 10.1. The molecule has 1 aliphatic heterocycles. The number of hydrogen-bond donors (Lipinski definition) is 1. The summed E-state index contributed by atoms with van der Waals surface area (Å²) >= 11 is 0. The number of carbonyl (C=O) groups excluding carboxylic acids is 1. The Labute approximate surface area is 197 Å². The zero-order chi connectivity index (χ0) is 23.8. The maximum Gasteiger partial charge on any atom is 0.338 e. The zero-order valence-corrected chi connectivity index (χ0v) is 20.5. The molecular formula is C25H34O7S. The minimum atomic E-state index is -0.662. The topological polar surface area (TPSA) is 83.5 Å². The summed E-state index contributed by atoms with van der Waals surface area (Å²) < 4.78 is 28.4. The summed E-state index contributed by atoms with van der Waals surface area (Å²) in [6.07, 6.45) is 6.03. The number of ether oxygens (including phenoxy) is 5. The molecule has 33 heavy (non-hydrogen) atoms. The van der Waals surface area contributed by atoms with E-state index in [1.165, 1.54) is 7.11 Å². The van der Waals surface area contributed by atoms with Gasteiger partial charge in [0.05, 0.1) is 31.5 Å². The van der Waals surface area contributed by atoms with Gasteiger partial charge >= 0.3 is 5.97 Å². The van der Waals surface area contributed by atoms with E-state index in [1.54, 1.807) is 18.2 Å². The molecule has 0 saturated carbocycles. The van der Waals surface area contributed by atoms with Crippen LogP contribution < -0.4 is 9.47 Å². The molecule has 0 unspecified atom stereocenters. The van der Waals surface area contributed by atoms with Crippen LogP contribution in [0.2, 0.25) is 0 Å². The molecule has 3 atom stereocenters. The number of rotatable bonds is 10. The van der Waals surface area contributed by atoms with E-state index < -0.39 is 34.5 Å². The summed E-state index contributed by atoms with van der Waals surface area (Å²) in [4.78, 5) is 12.6. The Morgan fingerprint density at radius 3 is 2.55 bits per heavy atom. The second-order valence-electron chi connectivity index (χ2n) is 8.86. The molecule has 1 fully saturated rings. The molecule has 3 rings (SSSR count). The molecule has 8 heteroatoms. The first-order chi connectivity index (χ1) is 15.7. The van der Waals surface area contributed by atoms with Crippen LogP contribution >= 0.6 is 10.0 Å². The smallest absolute Gasteiger partial charge is 0.338 e. The first-order valence-electron chi connectivity index (χ1n) is 10.9. The number of methoxy groups -OCH3 is 1. The SMILES string of the molecule is COc1cc(C(=O)OC[C@@H]2C[C@H](O)C[C@H](OCCS(C)(C)C)O2)ccc1Oc1ccccc1. The molecule has 2 aromatic carbocycles. The molecule has 2 aromatic rings. The average Bonchev–Trinajstić information content (AvgIpc) is 2.77. The molecule has 1 heterocycles. The van der Waals surface area contributed by atoms with Crippen LogP contribution in [0.25, 0.3) is 0 Å². The fourth-order valence-corrected chi connectivity index (χ4v) is 3.93. The lowest BCUT2D eigenvalue weighted by molar-refractivity contribution is -0.219. The lowest BCUT2D eigenvalue weighted by Crippen LogP contribution is -2.40. The third-order valence-electron chi connectivity index (χ3n) is 5.11. The average molecular weight is 479 g/mol. The zero-order valence-electron chi connectivity index (χ0n) is 19.7. The fraction of sp³-hybridized carbons (Fsp3) is 0.480. The van der Waals surface area contributed by atoms with Gasteiger partial charge < -0.3 is 28.8 Å². The van der Waals surface area contributed by atoms with Gasteiger partial charge in [-0.15, -0.1) is 0 Å². The summed E-state index contributed by atoms with van der Waals surface area (Å²) in [5.41, 5.74) is 0.338. The van der Waals surface area contributed by atoms with Crippen molar-refractivity contribution < 1.29 is 33.6 Å². The molecule has 7 nitrogen and oxygen atoms in total. The van der Waals surface area contributed by atoms with E-state index in [9.17, 15) is 9.90 Å². The molecule has 0 radical (unpaired) electrons. The maximum absolute atomic E-state index is 12.6. The van der Waals surface area contributed by atoms with Gasteiger partial charge in [0.1, 0.15) is 12.4 Å². The van der Waals surface area contributed by atoms with Crippen molar-refractivity contribution in [3.8, 4) is 17.2 Å². The molecule has 1 N–H and O–H groups in total. The van der Waals surface area contributed by atoms with Crippen molar-refractivity contribution in [1.29, 1.82) is 0 Å². The Balaban J connectivity index is 1.54. The highest BCUT2D eigenvalue weighted by molar-refractivity contribution is 8.32. The van der Waals surface area contributed by atoms with Crippen molar-refractivity contribution in [2.75, 3.05) is 44.8 Å². The normalized spacial score (nSPS) is 21.3. The monoisotopic (exact) mass is 478 g/mol. The van der Waals surface area contributed by atoms with E-state index in [0.29, 0.717) is 42.3 Å². The van der Waals surface area contributed by atoms with Gasteiger partial charge in [0.25, 0.3) is 0 Å². The van der Waals surface area contributed by atoms with Crippen molar-refractivity contribution in [2.24, 2.45) is 0 Å². The largest absolute Gasteiger partial charge is 0.493 e. The number of carbonyl (C=O) groups is 1. The van der Waals surface area contributed by atoms with Gasteiger partial charge in [-0.3, -0.25) is 0 Å². The first-order valence-corrected chi connectivity index (χ1v) is 14.0. The molecule has 182 valence electrons. The van der Waals surface area contributed by atoms with Crippen LogP contribution in [0, 0.1) is 0 Å². The second kappa shape index (κ2) is 11.7. The van der Waals surface area contributed by atoms with E-state index in [0.717, 1.165) is 5.75 Å². The maximum atomic E-state index is 12.6. The fourth-order valence-electron chi connectivity index (χ4n) is 3.34. The van der Waals surface area contributed by atoms with Gasteiger partial charge in [0.15, 0.2) is 17.8 Å². The number of benzene rings is 2. The van der Waals surface area contributed by atoms with Gasteiger partial charge in [-0.1, -0.05) is 18.2 Å². The van der Waals surface area contributed by atoms with Crippen molar-refractivity contribution in [1.82, 2.24) is 0 Å². The van der Waals surface area contributed by atoms with E-state index in [1.807, 2.05) is 30.3 Å². The van der Waals surface area contributed by atoms with Gasteiger partial charge in [0.2, 0.25) is 0 Å². The van der Waals surface area contributed by atoms with Crippen molar-refractivity contribution in [2.45, 2.75) is 31.3 Å². The van der Waals surface area contributed by atoms with Gasteiger partial charge in [0, 0.05) is 18.6 Å². The number of aliphatic hydroxyl groups is 1. The predicted octanol–water partition coefficient (Wildman–Crippen LogP) is 4.22. The highest BCUT2D eigenvalue weighted by Gasteiger charge is 2.30. The predicted molar refractivity (Wildman–Crippen MR) is 130 cm³/mol. The Bertz CT molecular complexity index is 897. The first kappa shape index (κ1) is 25.4. The van der Waals surface area contributed by atoms with Gasteiger partial charge in [-0.25, -0.2) is 14.8 Å². The number of aliphatic hydroxyl groups excluding tert-OH is 1. The highest BCUT2D eigenvalue weighted by Crippen LogP contribution is 2.34. The quantitative estimate of drug-likeness (QED) is 0.512. The Hall–Kier alpha value is -2.26. The summed E-state index contributed by atoms with van der Waals surface area (Å²) in [7, 11) is 0.852. The highest BCUT2D eigenvalue weighted by atomic mass is 32.3. The van der Waals surface area contributed by atoms with Crippen molar-refractivity contribution in [3.63, 3.8) is 0 Å². The Morgan fingerprint density at radius 1 is 1.09 bits per heavy atom. The van der Waals surface area contributed by atoms with Crippen LogP contribution in [0.5, 0.6) is 17.2 Å². The van der Waals surface area contributed by atoms with Crippen molar-refractivity contribution in [3.05, 3.63) is 54.1 Å². The van der Waals surface area contributed by atoms with Crippen LogP contribution in [0.15, 0.2) is 48.5 Å². The summed E-state index contributed by atoms with van der Waals surface area (Å²) in [5, 5.41) is 10.2. The van der Waals surface area contributed by atoms with Crippen LogP contribution in [0.1, 0.15) is 23.2 Å². The van der Waals surface area contributed by atoms with Gasteiger partial charge in [-0.05, 0) is 49.1 Å². The number of para-hydroxylation sites is 1. The Kier molecular flexibility index (Phi) is 9.02. The standard InChI is InChI=1S/C25H34O7S/c1-28-23-14-18(10-11-22(23)31-20-8-6-5-7-9-20)25(27)30-17-21-15-19(26)16-24(32-21)29-12-13-33(2,3)4/h5-11,14,19,21,24,26H,12-13,15-17H2,1-4H3/t19-,21-,24+/m0/s1. The van der Waals surface area contributed by atoms with Crippen molar-refractivity contribution >= 4 is 16.0 Å². The van der Waals surface area contributed by atoms with Crippen LogP contribution in [-0.2, 0) is 14.2 Å². The lowest BCUT2D eigenvalue weighted by Gasteiger charge is -2.33. The molecule has 0 aromatic heterocycles. The van der Waals surface area contributed by atoms with Crippen LogP contribution in [0.4, 0.5) is 0 Å². The summed E-state index contributed by atoms with van der Waals surface area (Å²) in [6, 6.07) is 14.2. The minimum Gasteiger partial charge on any atom is -0.493 e. The molecule has 1 aliphatic rings. The van der Waals surface area contributed by atoms with Gasteiger partial charge in [-0.2, -0.15) is 0 Å². The number of esters is 1. The third-order valence-corrected chi connectivity index (χ3v) is 6.51. The number of hydrogen-bond acceptors (Lipinski definition) is 7. The van der Waals surface area contributed by atoms with Crippen LogP contribution in [-0.4, -0.2) is 74.4 Å². The summed E-state index contributed by atoms with van der Waals surface area (Å²) in [5.74, 6) is 2.05. The second-order valence-corrected chi connectivity index (χ2v) is 13.4.